The van der Waals surface area contributed by atoms with Gasteiger partial charge in [0.2, 0.25) is 15.7 Å². The standard InChI is InChI=1S/C30H42N4O4S/c1-30(2,3)29-32-26-20-24(10-11-27(26)34(29)22-23-8-5-4-6-9-23)39(35,36)25-12-13-31-28(21-25)38-17-7-14-33-15-18-37-19-16-33/h10-13,20-21,23H,4-9,14-19,22H2,1-3H3. The second kappa shape index (κ2) is 11.9. The number of pyridine rings is 1. The molecule has 2 aromatic heterocycles. The number of rotatable bonds is 9. The molecule has 1 saturated carbocycles. The van der Waals surface area contributed by atoms with Crippen LogP contribution in [0.3, 0.4) is 0 Å². The van der Waals surface area contributed by atoms with Crippen LogP contribution in [0, 0.1) is 5.92 Å². The molecule has 212 valence electrons. The highest BCUT2D eigenvalue weighted by molar-refractivity contribution is 7.91. The van der Waals surface area contributed by atoms with Gasteiger partial charge in [0.05, 0.1) is 40.6 Å². The number of hydrogen-bond donors (Lipinski definition) is 0. The summed E-state index contributed by atoms with van der Waals surface area (Å²) < 4.78 is 40.8. The zero-order valence-corrected chi connectivity index (χ0v) is 24.4. The molecule has 39 heavy (non-hydrogen) atoms. The number of benzene rings is 1. The van der Waals surface area contributed by atoms with E-state index in [9.17, 15) is 8.42 Å². The quantitative estimate of drug-likeness (QED) is 0.334. The van der Waals surface area contributed by atoms with Gasteiger partial charge < -0.3 is 14.0 Å². The van der Waals surface area contributed by atoms with Crippen LogP contribution in [0.5, 0.6) is 5.88 Å². The number of fused-ring (bicyclic) bond motifs is 1. The minimum Gasteiger partial charge on any atom is -0.478 e. The summed E-state index contributed by atoms with van der Waals surface area (Å²) in [6.07, 6.45) is 8.73. The van der Waals surface area contributed by atoms with Crippen LogP contribution in [-0.4, -0.2) is 67.3 Å². The molecule has 2 fully saturated rings. The highest BCUT2D eigenvalue weighted by atomic mass is 32.2. The molecule has 0 atom stereocenters. The maximum atomic E-state index is 13.6. The lowest BCUT2D eigenvalue weighted by Crippen LogP contribution is -2.37. The number of aromatic nitrogens is 3. The second-order valence-corrected chi connectivity index (χ2v) is 13.9. The normalized spacial score (nSPS) is 18.0. The Morgan fingerprint density at radius 1 is 1.03 bits per heavy atom. The van der Waals surface area contributed by atoms with Crippen molar-refractivity contribution in [2.45, 2.75) is 81.0 Å². The molecule has 3 aromatic rings. The van der Waals surface area contributed by atoms with Crippen LogP contribution in [0.4, 0.5) is 0 Å². The monoisotopic (exact) mass is 554 g/mol. The molecule has 0 N–H and O–H groups in total. The summed E-state index contributed by atoms with van der Waals surface area (Å²) in [5.41, 5.74) is 1.58. The molecule has 1 aliphatic carbocycles. The highest BCUT2D eigenvalue weighted by Gasteiger charge is 2.27. The summed E-state index contributed by atoms with van der Waals surface area (Å²) >= 11 is 0. The number of hydrogen-bond acceptors (Lipinski definition) is 7. The zero-order chi connectivity index (χ0) is 27.5. The summed E-state index contributed by atoms with van der Waals surface area (Å²) in [5.74, 6) is 1.98. The summed E-state index contributed by atoms with van der Waals surface area (Å²) in [5, 5.41) is 0. The fourth-order valence-electron chi connectivity index (χ4n) is 5.73. The molecule has 2 aliphatic rings. The number of nitrogens with zero attached hydrogens (tertiary/aromatic N) is 4. The first-order valence-electron chi connectivity index (χ1n) is 14.4. The van der Waals surface area contributed by atoms with Gasteiger partial charge in [-0.1, -0.05) is 40.0 Å². The Kier molecular flexibility index (Phi) is 8.59. The maximum Gasteiger partial charge on any atom is 0.214 e. The molecular formula is C30H42N4O4S. The number of sulfone groups is 1. The lowest BCUT2D eigenvalue weighted by atomic mass is 9.88. The molecule has 8 nitrogen and oxygen atoms in total. The van der Waals surface area contributed by atoms with Crippen LogP contribution < -0.4 is 4.74 Å². The minimum atomic E-state index is -3.76. The van der Waals surface area contributed by atoms with Gasteiger partial charge in [-0.15, -0.1) is 0 Å². The lowest BCUT2D eigenvalue weighted by molar-refractivity contribution is 0.0357. The van der Waals surface area contributed by atoms with E-state index in [2.05, 4.69) is 35.2 Å². The third-order valence-electron chi connectivity index (χ3n) is 7.86. The summed E-state index contributed by atoms with van der Waals surface area (Å²) in [6.45, 7) is 12.3. The van der Waals surface area contributed by atoms with Crippen molar-refractivity contribution in [2.24, 2.45) is 5.92 Å². The predicted octanol–water partition coefficient (Wildman–Crippen LogP) is 5.24. The fourth-order valence-corrected chi connectivity index (χ4v) is 7.01. The van der Waals surface area contributed by atoms with Crippen molar-refractivity contribution in [3.8, 4) is 5.88 Å². The SMILES string of the molecule is CC(C)(C)c1nc2cc(S(=O)(=O)c3ccnc(OCCCN4CCOCC4)c3)ccc2n1CC1CCCCC1. The van der Waals surface area contributed by atoms with Gasteiger partial charge in [-0.25, -0.2) is 18.4 Å². The minimum absolute atomic E-state index is 0.147. The Hall–Kier alpha value is -2.49. The van der Waals surface area contributed by atoms with Crippen molar-refractivity contribution in [3.63, 3.8) is 0 Å². The molecule has 0 amide bonds. The smallest absolute Gasteiger partial charge is 0.214 e. The van der Waals surface area contributed by atoms with Crippen LogP contribution in [0.15, 0.2) is 46.3 Å². The van der Waals surface area contributed by atoms with E-state index < -0.39 is 9.84 Å². The van der Waals surface area contributed by atoms with Gasteiger partial charge in [0.25, 0.3) is 0 Å². The first kappa shape index (κ1) is 28.1. The fraction of sp³-hybridized carbons (Fsp3) is 0.600. The largest absolute Gasteiger partial charge is 0.478 e. The van der Waals surface area contributed by atoms with E-state index >= 15 is 0 Å². The third kappa shape index (κ3) is 6.64. The van der Waals surface area contributed by atoms with Crippen LogP contribution in [0.25, 0.3) is 11.0 Å². The Morgan fingerprint density at radius 3 is 2.51 bits per heavy atom. The molecule has 0 unspecified atom stereocenters. The third-order valence-corrected chi connectivity index (χ3v) is 9.60. The number of imidazole rings is 1. The topological polar surface area (TPSA) is 86.6 Å². The Balaban J connectivity index is 1.34. The van der Waals surface area contributed by atoms with E-state index in [1.807, 2.05) is 6.07 Å². The second-order valence-electron chi connectivity index (χ2n) is 11.9. The van der Waals surface area contributed by atoms with E-state index in [4.69, 9.17) is 14.5 Å². The van der Waals surface area contributed by atoms with E-state index in [1.165, 1.54) is 50.4 Å². The van der Waals surface area contributed by atoms with Gasteiger partial charge in [0, 0.05) is 43.9 Å². The Bertz CT molecular complexity index is 1370. The molecule has 0 spiro atoms. The van der Waals surface area contributed by atoms with Crippen molar-refractivity contribution in [2.75, 3.05) is 39.5 Å². The average Bonchev–Trinajstić information content (AvgIpc) is 3.31. The zero-order valence-electron chi connectivity index (χ0n) is 23.6. The summed E-state index contributed by atoms with van der Waals surface area (Å²) in [6, 6.07) is 8.42. The first-order chi connectivity index (χ1) is 18.7. The van der Waals surface area contributed by atoms with Crippen LogP contribution in [-0.2, 0) is 26.5 Å². The predicted molar refractivity (Wildman–Crippen MR) is 152 cm³/mol. The molecule has 0 bridgehead atoms. The van der Waals surface area contributed by atoms with Crippen molar-refractivity contribution >= 4 is 20.9 Å². The number of ether oxygens (including phenoxy) is 2. The number of morpholine rings is 1. The Morgan fingerprint density at radius 2 is 1.77 bits per heavy atom. The molecule has 1 saturated heterocycles. The maximum absolute atomic E-state index is 13.6. The lowest BCUT2D eigenvalue weighted by Gasteiger charge is -2.26. The first-order valence-corrected chi connectivity index (χ1v) is 15.8. The highest BCUT2D eigenvalue weighted by Crippen LogP contribution is 2.33. The van der Waals surface area contributed by atoms with Crippen LogP contribution in [0.2, 0.25) is 0 Å². The van der Waals surface area contributed by atoms with E-state index in [0.717, 1.165) is 62.7 Å². The van der Waals surface area contributed by atoms with Crippen molar-refractivity contribution < 1.29 is 17.9 Å². The molecule has 1 aromatic carbocycles. The van der Waals surface area contributed by atoms with Gasteiger partial charge in [-0.2, -0.15) is 0 Å². The van der Waals surface area contributed by atoms with Crippen molar-refractivity contribution in [3.05, 3.63) is 42.4 Å². The Labute approximate surface area is 232 Å². The molecular weight excluding hydrogens is 512 g/mol. The van der Waals surface area contributed by atoms with Crippen LogP contribution in [0.1, 0.15) is 65.1 Å². The van der Waals surface area contributed by atoms with E-state index in [1.54, 1.807) is 12.1 Å². The summed E-state index contributed by atoms with van der Waals surface area (Å²) in [7, 11) is -3.76. The van der Waals surface area contributed by atoms with Gasteiger partial charge >= 0.3 is 0 Å². The van der Waals surface area contributed by atoms with Gasteiger partial charge in [-0.3, -0.25) is 4.90 Å². The van der Waals surface area contributed by atoms with E-state index in [-0.39, 0.29) is 15.2 Å². The summed E-state index contributed by atoms with van der Waals surface area (Å²) in [4.78, 5) is 12.0. The average molecular weight is 555 g/mol. The van der Waals surface area contributed by atoms with Gasteiger partial charge in [0.15, 0.2) is 0 Å². The van der Waals surface area contributed by atoms with Crippen molar-refractivity contribution in [1.82, 2.24) is 19.4 Å². The molecule has 0 radical (unpaired) electrons. The van der Waals surface area contributed by atoms with E-state index in [0.29, 0.717) is 18.4 Å². The van der Waals surface area contributed by atoms with Gasteiger partial charge in [-0.05, 0) is 49.4 Å². The van der Waals surface area contributed by atoms with Gasteiger partial charge in [0.1, 0.15) is 5.82 Å². The molecule has 1 aliphatic heterocycles. The van der Waals surface area contributed by atoms with Crippen LogP contribution >= 0.6 is 0 Å². The molecule has 5 rings (SSSR count). The molecule has 3 heterocycles. The van der Waals surface area contributed by atoms with Crippen molar-refractivity contribution in [1.29, 1.82) is 0 Å². The molecule has 9 heteroatoms.